The van der Waals surface area contributed by atoms with Crippen molar-refractivity contribution in [2.75, 3.05) is 47.5 Å². The van der Waals surface area contributed by atoms with Gasteiger partial charge in [-0.1, -0.05) is 283 Å². The Morgan fingerprint density at radius 2 is 0.679 bits per heavy atom. The Labute approximate surface area is 518 Å². The van der Waals surface area contributed by atoms with E-state index in [4.69, 9.17) is 18.5 Å². The van der Waals surface area contributed by atoms with E-state index in [2.05, 4.69) is 135 Å². The lowest BCUT2D eigenvalue weighted by Gasteiger charge is -2.28. The number of ether oxygens (including phenoxy) is 2. The Hall–Kier alpha value is -3.59. The second-order valence-electron chi connectivity index (χ2n) is 23.8. The van der Waals surface area contributed by atoms with Crippen LogP contribution in [0.3, 0.4) is 0 Å². The summed E-state index contributed by atoms with van der Waals surface area (Å²) in [7, 11) is 1.15. The molecule has 0 aliphatic rings. The highest BCUT2D eigenvalue weighted by Gasteiger charge is 2.22. The second kappa shape index (κ2) is 63.9. The van der Waals surface area contributed by atoms with Crippen molar-refractivity contribution in [3.63, 3.8) is 0 Å². The molecule has 0 aromatic carbocycles. The van der Waals surface area contributed by atoms with Crippen molar-refractivity contribution in [2.45, 2.75) is 290 Å². The Morgan fingerprint density at radius 3 is 1.01 bits per heavy atom. The predicted octanol–water partition coefficient (Wildman–Crippen LogP) is 21.6. The van der Waals surface area contributed by atoms with E-state index in [1.54, 1.807) is 0 Å². The van der Waals surface area contributed by atoms with Crippen molar-refractivity contribution < 1.29 is 42.1 Å². The van der Waals surface area contributed by atoms with Gasteiger partial charge >= 0.3 is 11.9 Å². The number of unbranched alkanes of at least 4 members (excludes halogenated alkanes) is 28. The van der Waals surface area contributed by atoms with E-state index in [-0.39, 0.29) is 26.1 Å². The predicted molar refractivity (Wildman–Crippen MR) is 360 cm³/mol. The molecule has 0 aliphatic heterocycles. The van der Waals surface area contributed by atoms with Gasteiger partial charge in [-0.25, -0.2) is 0 Å². The van der Waals surface area contributed by atoms with Gasteiger partial charge in [-0.2, -0.15) is 0 Å². The van der Waals surface area contributed by atoms with Gasteiger partial charge in [0.1, 0.15) is 19.8 Å². The Kier molecular flexibility index (Phi) is 61.2. The number of nitrogens with zero attached hydrogens (tertiary/aromatic N) is 1. The molecule has 0 N–H and O–H groups in total. The Morgan fingerprint density at radius 1 is 0.381 bits per heavy atom. The summed E-state index contributed by atoms with van der Waals surface area (Å²) in [5.41, 5.74) is 0. The summed E-state index contributed by atoms with van der Waals surface area (Å²) in [5, 5.41) is 0. The van der Waals surface area contributed by atoms with Gasteiger partial charge in [-0.3, -0.25) is 14.2 Å². The molecule has 0 aromatic heterocycles. The average Bonchev–Trinajstić information content (AvgIpc) is 3.61. The highest BCUT2D eigenvalue weighted by Crippen LogP contribution is 2.38. The molecular formula is C74H128NO8P. The van der Waals surface area contributed by atoms with Crippen molar-refractivity contribution >= 4 is 19.8 Å². The standard InChI is InChI=1S/C74H128NO8P/c1-6-8-10-12-14-16-18-20-22-24-26-28-29-30-31-32-33-34-35-36-37-38-39-40-41-42-43-44-45-47-49-51-53-55-57-59-61-63-65-67-74(77)83-72(71-82-84(78,79)81-69-68-75(3,4)5)70-80-73(76)66-64-62-60-58-56-54-52-50-48-46-27-25-23-21-19-17-15-13-11-9-7-2/h8,10,14,16,19-22,25-28,30-31,33-34,36-37,48,50,72H,6-7,9,11-13,15,17-18,23-24,29,32,35,38-47,49,51-71H2,1-5H3/b10-8-,16-14-,21-19-,22-20-,27-25-,28-26-,31-30-,34-33-,37-36-,50-48-. The van der Waals surface area contributed by atoms with Gasteiger partial charge in [-0.15, -0.1) is 0 Å². The zero-order valence-electron chi connectivity index (χ0n) is 54.8. The largest absolute Gasteiger partial charge is 0.756 e. The lowest BCUT2D eigenvalue weighted by Crippen LogP contribution is -2.37. The molecule has 2 atom stereocenters. The number of likely N-dealkylation sites (N-methyl/N-ethyl adjacent to an activating group) is 1. The van der Waals surface area contributed by atoms with Crippen LogP contribution in [0.2, 0.25) is 0 Å². The number of phosphoric acid groups is 1. The van der Waals surface area contributed by atoms with Gasteiger partial charge < -0.3 is 27.9 Å². The fourth-order valence-electron chi connectivity index (χ4n) is 9.23. The third kappa shape index (κ3) is 67.5. The van der Waals surface area contributed by atoms with E-state index in [1.165, 1.54) is 135 Å². The molecule has 0 saturated heterocycles. The number of hydrogen-bond donors (Lipinski definition) is 0. The Bertz CT molecular complexity index is 1830. The van der Waals surface area contributed by atoms with E-state index in [9.17, 15) is 19.0 Å². The minimum atomic E-state index is -4.65. The van der Waals surface area contributed by atoms with Crippen LogP contribution in [-0.4, -0.2) is 70.0 Å². The van der Waals surface area contributed by atoms with E-state index in [1.807, 2.05) is 21.1 Å². The number of hydrogen-bond acceptors (Lipinski definition) is 8. The molecule has 2 unspecified atom stereocenters. The summed E-state index contributed by atoms with van der Waals surface area (Å²) in [4.78, 5) is 38.0. The zero-order valence-corrected chi connectivity index (χ0v) is 55.7. The first-order chi connectivity index (χ1) is 41.0. The summed E-state index contributed by atoms with van der Waals surface area (Å²) in [6.07, 6.45) is 91.3. The molecule has 0 amide bonds. The monoisotopic (exact) mass is 1190 g/mol. The van der Waals surface area contributed by atoms with Crippen LogP contribution in [-0.2, 0) is 32.7 Å². The molecule has 0 bridgehead atoms. The maximum absolute atomic E-state index is 12.9. The molecule has 0 heterocycles. The molecule has 10 heteroatoms. The molecule has 9 nitrogen and oxygen atoms in total. The maximum Gasteiger partial charge on any atom is 0.306 e. The van der Waals surface area contributed by atoms with Crippen LogP contribution in [0.15, 0.2) is 122 Å². The SMILES string of the molecule is CC/C=C\C/C=C\C/C=C\C/C=C\C/C=C\C/C=C\C/C=C\CCCCCCCCCCCCCCCCCCCC(=O)OC(COC(=O)CCCCCCCC/C=C\C/C=C\C/C=C\CCCCCCC)COP(=O)([O-])OCC[N+](C)(C)C. The van der Waals surface area contributed by atoms with Crippen LogP contribution in [0.5, 0.6) is 0 Å². The minimum Gasteiger partial charge on any atom is -0.756 e. The topological polar surface area (TPSA) is 111 Å². The van der Waals surface area contributed by atoms with E-state index in [0.29, 0.717) is 23.9 Å². The molecule has 0 fully saturated rings. The molecule has 0 aromatic rings. The minimum absolute atomic E-state index is 0.0369. The summed E-state index contributed by atoms with van der Waals surface area (Å²) in [6, 6.07) is 0. The fraction of sp³-hybridized carbons (Fsp3) is 0.703. The van der Waals surface area contributed by atoms with Gasteiger partial charge in [0.2, 0.25) is 0 Å². The molecular weight excluding hydrogens is 1060 g/mol. The van der Waals surface area contributed by atoms with E-state index < -0.39 is 32.5 Å². The highest BCUT2D eigenvalue weighted by molar-refractivity contribution is 7.45. The smallest absolute Gasteiger partial charge is 0.306 e. The third-order valence-electron chi connectivity index (χ3n) is 14.5. The summed E-state index contributed by atoms with van der Waals surface area (Å²) >= 11 is 0. The molecule has 0 spiro atoms. The lowest BCUT2D eigenvalue weighted by atomic mass is 10.0. The number of esters is 2. The lowest BCUT2D eigenvalue weighted by molar-refractivity contribution is -0.870. The van der Waals surface area contributed by atoms with Crippen molar-refractivity contribution in [1.82, 2.24) is 0 Å². The second-order valence-corrected chi connectivity index (χ2v) is 25.2. The zero-order chi connectivity index (χ0) is 61.2. The van der Waals surface area contributed by atoms with Gasteiger partial charge in [0.15, 0.2) is 6.10 Å². The number of phosphoric ester groups is 1. The van der Waals surface area contributed by atoms with Crippen LogP contribution >= 0.6 is 7.82 Å². The molecule has 0 rings (SSSR count). The van der Waals surface area contributed by atoms with Gasteiger partial charge in [-0.05, 0) is 109 Å². The maximum atomic E-state index is 12.9. The summed E-state index contributed by atoms with van der Waals surface area (Å²) < 4.78 is 34.3. The van der Waals surface area contributed by atoms with Gasteiger partial charge in [0.25, 0.3) is 7.82 Å². The van der Waals surface area contributed by atoms with Crippen molar-refractivity contribution in [1.29, 1.82) is 0 Å². The molecule has 0 saturated carbocycles. The van der Waals surface area contributed by atoms with Gasteiger partial charge in [0, 0.05) is 12.8 Å². The van der Waals surface area contributed by atoms with Crippen LogP contribution in [0.25, 0.3) is 0 Å². The van der Waals surface area contributed by atoms with E-state index in [0.717, 1.165) is 109 Å². The molecule has 482 valence electrons. The van der Waals surface area contributed by atoms with Crippen molar-refractivity contribution in [2.24, 2.45) is 0 Å². The third-order valence-corrected chi connectivity index (χ3v) is 15.4. The van der Waals surface area contributed by atoms with E-state index >= 15 is 0 Å². The average molecular weight is 1190 g/mol. The number of carbonyl (C=O) groups is 2. The van der Waals surface area contributed by atoms with Crippen molar-refractivity contribution in [3.05, 3.63) is 122 Å². The summed E-state index contributed by atoms with van der Waals surface area (Å²) in [6.45, 7) is 4.11. The fourth-order valence-corrected chi connectivity index (χ4v) is 9.96. The van der Waals surface area contributed by atoms with Crippen LogP contribution in [0.4, 0.5) is 0 Å². The highest BCUT2D eigenvalue weighted by atomic mass is 31.2. The quantitative estimate of drug-likeness (QED) is 0.0195. The first-order valence-electron chi connectivity index (χ1n) is 34.2. The molecule has 0 aliphatic carbocycles. The number of allylic oxidation sites excluding steroid dienone is 20. The first kappa shape index (κ1) is 80.4. The summed E-state index contributed by atoms with van der Waals surface area (Å²) in [5.74, 6) is -0.845. The molecule has 84 heavy (non-hydrogen) atoms. The number of carbonyl (C=O) groups excluding carboxylic acids is 2. The number of quaternary nitrogens is 1. The van der Waals surface area contributed by atoms with Crippen molar-refractivity contribution in [3.8, 4) is 0 Å². The number of rotatable bonds is 62. The Balaban J connectivity index is 4.04. The van der Waals surface area contributed by atoms with Gasteiger partial charge in [0.05, 0.1) is 27.7 Å². The first-order valence-corrected chi connectivity index (χ1v) is 35.7. The molecule has 0 radical (unpaired) electrons. The van der Waals surface area contributed by atoms with Crippen LogP contribution < -0.4 is 4.89 Å². The van der Waals surface area contributed by atoms with Crippen LogP contribution in [0, 0.1) is 0 Å². The van der Waals surface area contributed by atoms with Crippen LogP contribution in [0.1, 0.15) is 284 Å². The normalized spacial score (nSPS) is 13.9.